The molecule has 1 amide bonds. The molecule has 0 N–H and O–H groups in total. The maximum absolute atomic E-state index is 12.5. The van der Waals surface area contributed by atoms with Crippen molar-refractivity contribution >= 4 is 39.4 Å². The van der Waals surface area contributed by atoms with Crippen molar-refractivity contribution in [3.8, 4) is 0 Å². The second-order valence-corrected chi connectivity index (χ2v) is 5.51. The number of methoxy groups -OCH3 is 1. The largest absolute Gasteiger partial charge is 0.467 e. The van der Waals surface area contributed by atoms with Crippen LogP contribution in [0.4, 0.5) is 0 Å². The molecule has 1 atom stereocenters. The van der Waals surface area contributed by atoms with Crippen molar-refractivity contribution in [3.05, 3.63) is 33.3 Å². The molecule has 4 nitrogen and oxygen atoms in total. The Hall–Kier alpha value is -1.07. The molecule has 0 aliphatic carbocycles. The zero-order chi connectivity index (χ0) is 14.0. The van der Waals surface area contributed by atoms with E-state index in [1.807, 2.05) is 0 Å². The highest BCUT2D eigenvalue weighted by Gasteiger charge is 2.35. The summed E-state index contributed by atoms with van der Waals surface area (Å²) in [5.41, 5.74) is 0.395. The number of ether oxygens (including phenoxy) is 1. The molecular formula is C13H13BrClNO3. The summed E-state index contributed by atoms with van der Waals surface area (Å²) in [6.07, 6.45) is 1.42. The van der Waals surface area contributed by atoms with Crippen LogP contribution in [-0.4, -0.2) is 36.5 Å². The summed E-state index contributed by atoms with van der Waals surface area (Å²) in [5, 5.41) is 0.364. The molecule has 1 heterocycles. The average Bonchev–Trinajstić information content (AvgIpc) is 2.89. The lowest BCUT2D eigenvalue weighted by molar-refractivity contribution is -0.145. The number of halogens is 2. The molecule has 0 saturated carbocycles. The van der Waals surface area contributed by atoms with Gasteiger partial charge in [-0.15, -0.1) is 0 Å². The lowest BCUT2D eigenvalue weighted by atomic mass is 10.1. The van der Waals surface area contributed by atoms with E-state index in [4.69, 9.17) is 16.3 Å². The number of hydrogen-bond donors (Lipinski definition) is 0. The van der Waals surface area contributed by atoms with Crippen molar-refractivity contribution in [3.63, 3.8) is 0 Å². The standard InChI is InChI=1S/C13H13BrClNO3/c1-19-13(18)10-6-3-7-16(10)12(17)8-4-2-5-9(14)11(8)15/h2,4-5,10H,3,6-7H2,1H3. The summed E-state index contributed by atoms with van der Waals surface area (Å²) in [4.78, 5) is 25.6. The third-order valence-corrected chi connectivity index (χ3v) is 4.47. The summed E-state index contributed by atoms with van der Waals surface area (Å²) in [6.45, 7) is 0.543. The number of carbonyl (C=O) groups excluding carboxylic acids is 2. The van der Waals surface area contributed by atoms with Crippen LogP contribution in [0.25, 0.3) is 0 Å². The van der Waals surface area contributed by atoms with Gasteiger partial charge in [0.15, 0.2) is 0 Å². The first-order chi connectivity index (χ1) is 9.06. The average molecular weight is 347 g/mol. The molecule has 1 unspecified atom stereocenters. The van der Waals surface area contributed by atoms with Gasteiger partial charge in [0.2, 0.25) is 0 Å². The first-order valence-corrected chi connectivity index (χ1v) is 7.06. The molecule has 1 fully saturated rings. The van der Waals surface area contributed by atoms with Crippen LogP contribution in [0.5, 0.6) is 0 Å². The minimum atomic E-state index is -0.507. The fraction of sp³-hybridized carbons (Fsp3) is 0.385. The van der Waals surface area contributed by atoms with E-state index in [9.17, 15) is 9.59 Å². The number of benzene rings is 1. The Morgan fingerprint density at radius 3 is 2.89 bits per heavy atom. The van der Waals surface area contributed by atoms with Crippen LogP contribution in [0.2, 0.25) is 5.02 Å². The zero-order valence-corrected chi connectivity index (χ0v) is 12.7. The highest BCUT2D eigenvalue weighted by atomic mass is 79.9. The van der Waals surface area contributed by atoms with E-state index >= 15 is 0 Å². The van der Waals surface area contributed by atoms with Gasteiger partial charge in [0, 0.05) is 11.0 Å². The van der Waals surface area contributed by atoms with Crippen molar-refractivity contribution in [2.24, 2.45) is 0 Å². The second-order valence-electron chi connectivity index (χ2n) is 4.28. The highest BCUT2D eigenvalue weighted by molar-refractivity contribution is 9.10. The summed E-state index contributed by atoms with van der Waals surface area (Å²) in [7, 11) is 1.33. The van der Waals surface area contributed by atoms with Gasteiger partial charge in [-0.3, -0.25) is 4.79 Å². The van der Waals surface area contributed by atoms with Gasteiger partial charge in [0.25, 0.3) is 5.91 Å². The minimum Gasteiger partial charge on any atom is -0.467 e. The number of likely N-dealkylation sites (tertiary alicyclic amines) is 1. The van der Waals surface area contributed by atoms with Crippen LogP contribution in [0.15, 0.2) is 22.7 Å². The van der Waals surface area contributed by atoms with Crippen LogP contribution in [0.3, 0.4) is 0 Å². The van der Waals surface area contributed by atoms with Crippen LogP contribution in [-0.2, 0) is 9.53 Å². The van der Waals surface area contributed by atoms with Gasteiger partial charge in [0.05, 0.1) is 17.7 Å². The van der Waals surface area contributed by atoms with Crippen molar-refractivity contribution in [1.82, 2.24) is 4.90 Å². The summed E-state index contributed by atoms with van der Waals surface area (Å²) in [5.74, 6) is -0.615. The molecule has 0 aromatic heterocycles. The first-order valence-electron chi connectivity index (χ1n) is 5.89. The minimum absolute atomic E-state index is 0.237. The van der Waals surface area contributed by atoms with Gasteiger partial charge in [-0.25, -0.2) is 4.79 Å². The molecule has 102 valence electrons. The number of esters is 1. The predicted octanol–water partition coefficient (Wildman–Crippen LogP) is 2.88. The van der Waals surface area contributed by atoms with E-state index in [2.05, 4.69) is 15.9 Å². The van der Waals surface area contributed by atoms with Gasteiger partial charge in [-0.1, -0.05) is 17.7 Å². The van der Waals surface area contributed by atoms with Gasteiger partial charge in [-0.2, -0.15) is 0 Å². The summed E-state index contributed by atoms with van der Waals surface area (Å²) in [6, 6.07) is 4.66. The van der Waals surface area contributed by atoms with E-state index in [0.717, 1.165) is 6.42 Å². The van der Waals surface area contributed by atoms with Crippen molar-refractivity contribution in [2.75, 3.05) is 13.7 Å². The Morgan fingerprint density at radius 2 is 2.21 bits per heavy atom. The fourth-order valence-electron chi connectivity index (χ4n) is 2.21. The molecule has 0 radical (unpaired) electrons. The van der Waals surface area contributed by atoms with Gasteiger partial charge >= 0.3 is 5.97 Å². The first kappa shape index (κ1) is 14.3. The maximum Gasteiger partial charge on any atom is 0.328 e. The molecule has 2 rings (SSSR count). The van der Waals surface area contributed by atoms with Crippen LogP contribution in [0, 0.1) is 0 Å². The lowest BCUT2D eigenvalue weighted by Crippen LogP contribution is -2.41. The van der Waals surface area contributed by atoms with E-state index in [1.165, 1.54) is 12.0 Å². The molecule has 1 aliphatic rings. The quantitative estimate of drug-likeness (QED) is 0.774. The summed E-state index contributed by atoms with van der Waals surface area (Å²) >= 11 is 9.40. The smallest absolute Gasteiger partial charge is 0.328 e. The molecule has 19 heavy (non-hydrogen) atoms. The Kier molecular flexibility index (Phi) is 4.47. The molecule has 1 aromatic carbocycles. The molecule has 1 aliphatic heterocycles. The molecular weight excluding hydrogens is 334 g/mol. The van der Waals surface area contributed by atoms with E-state index in [0.29, 0.717) is 28.0 Å². The van der Waals surface area contributed by atoms with Crippen molar-refractivity contribution in [2.45, 2.75) is 18.9 Å². The molecule has 0 bridgehead atoms. The number of carbonyl (C=O) groups is 2. The van der Waals surface area contributed by atoms with Crippen molar-refractivity contribution in [1.29, 1.82) is 0 Å². The van der Waals surface area contributed by atoms with Crippen molar-refractivity contribution < 1.29 is 14.3 Å². The van der Waals surface area contributed by atoms with Crippen LogP contribution >= 0.6 is 27.5 Å². The van der Waals surface area contributed by atoms with Gasteiger partial charge in [0.1, 0.15) is 6.04 Å². The monoisotopic (exact) mass is 345 g/mol. The van der Waals surface area contributed by atoms with E-state index < -0.39 is 6.04 Å². The number of hydrogen-bond acceptors (Lipinski definition) is 3. The predicted molar refractivity (Wildman–Crippen MR) is 75.2 cm³/mol. The van der Waals surface area contributed by atoms with Crippen LogP contribution in [0.1, 0.15) is 23.2 Å². The Bertz CT molecular complexity index is 521. The number of rotatable bonds is 2. The summed E-state index contributed by atoms with van der Waals surface area (Å²) < 4.78 is 5.39. The molecule has 1 aromatic rings. The molecule has 1 saturated heterocycles. The van der Waals surface area contributed by atoms with E-state index in [-0.39, 0.29) is 11.9 Å². The van der Waals surface area contributed by atoms with E-state index in [1.54, 1.807) is 18.2 Å². The highest BCUT2D eigenvalue weighted by Crippen LogP contribution is 2.29. The topological polar surface area (TPSA) is 46.6 Å². The third kappa shape index (κ3) is 2.77. The third-order valence-electron chi connectivity index (χ3n) is 3.17. The molecule has 0 spiro atoms. The Balaban J connectivity index is 2.28. The molecule has 6 heteroatoms. The zero-order valence-electron chi connectivity index (χ0n) is 10.4. The second kappa shape index (κ2) is 5.92. The normalized spacial score (nSPS) is 18.5. The maximum atomic E-state index is 12.5. The number of nitrogens with zero attached hydrogens (tertiary/aromatic N) is 1. The Labute approximate surface area is 124 Å². The number of amides is 1. The fourth-order valence-corrected chi connectivity index (χ4v) is 2.79. The van der Waals surface area contributed by atoms with Gasteiger partial charge in [-0.05, 0) is 40.9 Å². The van der Waals surface area contributed by atoms with Gasteiger partial charge < -0.3 is 9.64 Å². The van der Waals surface area contributed by atoms with Crippen LogP contribution < -0.4 is 0 Å². The Morgan fingerprint density at radius 1 is 1.47 bits per heavy atom. The SMILES string of the molecule is COC(=O)C1CCCN1C(=O)c1cccc(Br)c1Cl. The lowest BCUT2D eigenvalue weighted by Gasteiger charge is -2.23.